The Labute approximate surface area is 283 Å². The lowest BCUT2D eigenvalue weighted by Gasteiger charge is -2.27. The minimum absolute atomic E-state index is 0.0218. The van der Waals surface area contributed by atoms with Crippen molar-refractivity contribution in [3.8, 4) is 29.0 Å². The Morgan fingerprint density at radius 1 is 1.08 bits per heavy atom. The number of halogens is 3. The Kier molecular flexibility index (Phi) is 8.78. The fraction of sp³-hybridized carbons (Fsp3) is 0.194. The summed E-state index contributed by atoms with van der Waals surface area (Å²) in [4.78, 5) is 25.0. The second kappa shape index (κ2) is 13.5. The maximum Gasteiger partial charge on any atom is 0.335 e. The van der Waals surface area contributed by atoms with Gasteiger partial charge in [0.1, 0.15) is 29.8 Å². The third kappa shape index (κ3) is 6.99. The van der Waals surface area contributed by atoms with Crippen LogP contribution in [0.4, 0.5) is 8.78 Å². The molecule has 6 aromatic rings. The molecule has 10 nitrogen and oxygen atoms in total. The molecule has 0 aliphatic carbocycles. The molecule has 1 atom stereocenters. The molecule has 0 amide bonds. The van der Waals surface area contributed by atoms with Gasteiger partial charge < -0.3 is 19.1 Å². The number of carboxylic acids is 1. The van der Waals surface area contributed by atoms with E-state index in [0.29, 0.717) is 46.3 Å². The number of carboxylic acid groups (broad SMARTS) is 1. The van der Waals surface area contributed by atoms with Crippen LogP contribution in [0.15, 0.2) is 73.2 Å². The van der Waals surface area contributed by atoms with E-state index in [2.05, 4.69) is 31.9 Å². The fourth-order valence-electron chi connectivity index (χ4n) is 5.42. The van der Waals surface area contributed by atoms with E-state index in [1.165, 1.54) is 12.1 Å². The van der Waals surface area contributed by atoms with Crippen molar-refractivity contribution in [1.29, 1.82) is 0 Å². The monoisotopic (exact) mass is 680 g/mol. The van der Waals surface area contributed by atoms with Crippen molar-refractivity contribution in [1.82, 2.24) is 29.3 Å². The SMILES string of the molecule is Cn1cc(C#Cc2cc(Cl)c(COc3cccc(-c4cc(F)c(Cc5nc6ccc(C(=O)O)cc6n5CC5CCO5)cc4F)n3)cn2)cn1. The zero-order valence-electron chi connectivity index (χ0n) is 26.0. The summed E-state index contributed by atoms with van der Waals surface area (Å²) < 4.78 is 46.1. The highest BCUT2D eigenvalue weighted by Gasteiger charge is 2.24. The normalized spacial score (nSPS) is 13.9. The fourth-order valence-corrected chi connectivity index (χ4v) is 5.63. The summed E-state index contributed by atoms with van der Waals surface area (Å²) in [5.41, 5.74) is 3.31. The summed E-state index contributed by atoms with van der Waals surface area (Å²) >= 11 is 6.46. The number of pyridine rings is 2. The Morgan fingerprint density at radius 3 is 2.67 bits per heavy atom. The van der Waals surface area contributed by atoms with Crippen LogP contribution in [-0.4, -0.2) is 53.1 Å². The number of hydrogen-bond acceptors (Lipinski definition) is 7. The molecule has 0 radical (unpaired) electrons. The highest BCUT2D eigenvalue weighted by atomic mass is 35.5. The number of fused-ring (bicyclic) bond motifs is 1. The van der Waals surface area contributed by atoms with E-state index < -0.39 is 17.6 Å². The predicted molar refractivity (Wildman–Crippen MR) is 176 cm³/mol. The van der Waals surface area contributed by atoms with Crippen molar-refractivity contribution >= 4 is 28.6 Å². The number of benzene rings is 2. The highest BCUT2D eigenvalue weighted by Crippen LogP contribution is 2.29. The molecule has 246 valence electrons. The quantitative estimate of drug-likeness (QED) is 0.179. The minimum Gasteiger partial charge on any atom is -0.478 e. The van der Waals surface area contributed by atoms with Crippen molar-refractivity contribution in [3.05, 3.63) is 124 Å². The van der Waals surface area contributed by atoms with Gasteiger partial charge in [-0.3, -0.25) is 4.68 Å². The Hall–Kier alpha value is -5.64. The lowest BCUT2D eigenvalue weighted by atomic mass is 10.0. The molecule has 1 aliphatic rings. The first-order chi connectivity index (χ1) is 23.7. The molecule has 2 aromatic carbocycles. The van der Waals surface area contributed by atoms with E-state index in [9.17, 15) is 9.90 Å². The number of nitrogens with zero attached hydrogens (tertiary/aromatic N) is 6. The minimum atomic E-state index is -1.07. The number of rotatable bonds is 9. The van der Waals surface area contributed by atoms with Gasteiger partial charge in [0.15, 0.2) is 0 Å². The van der Waals surface area contributed by atoms with E-state index in [4.69, 9.17) is 21.1 Å². The Morgan fingerprint density at radius 2 is 1.94 bits per heavy atom. The van der Waals surface area contributed by atoms with Gasteiger partial charge in [0.2, 0.25) is 5.88 Å². The van der Waals surface area contributed by atoms with Gasteiger partial charge in [0.25, 0.3) is 0 Å². The van der Waals surface area contributed by atoms with E-state index in [0.717, 1.165) is 24.1 Å². The van der Waals surface area contributed by atoms with Gasteiger partial charge in [0, 0.05) is 49.7 Å². The van der Waals surface area contributed by atoms with Gasteiger partial charge in [-0.2, -0.15) is 5.10 Å². The van der Waals surface area contributed by atoms with Crippen LogP contribution < -0.4 is 4.74 Å². The number of imidazole rings is 1. The van der Waals surface area contributed by atoms with E-state index >= 15 is 8.78 Å². The van der Waals surface area contributed by atoms with Crippen LogP contribution >= 0.6 is 11.6 Å². The largest absolute Gasteiger partial charge is 0.478 e. The Bertz CT molecular complexity index is 2290. The summed E-state index contributed by atoms with van der Waals surface area (Å²) in [6.07, 6.45) is 5.75. The van der Waals surface area contributed by atoms with Gasteiger partial charge in [-0.1, -0.05) is 23.6 Å². The van der Waals surface area contributed by atoms with Crippen molar-refractivity contribution in [2.75, 3.05) is 6.61 Å². The number of aromatic carboxylic acids is 1. The molecule has 4 aromatic heterocycles. The molecule has 1 saturated heterocycles. The maximum atomic E-state index is 15.6. The zero-order valence-corrected chi connectivity index (χ0v) is 26.8. The van der Waals surface area contributed by atoms with E-state index in [1.54, 1.807) is 60.7 Å². The van der Waals surface area contributed by atoms with Gasteiger partial charge in [0.05, 0.1) is 51.7 Å². The van der Waals surface area contributed by atoms with Gasteiger partial charge in [-0.15, -0.1) is 0 Å². The topological polar surface area (TPSA) is 117 Å². The molecule has 49 heavy (non-hydrogen) atoms. The molecular formula is C36H27ClF2N6O4. The summed E-state index contributed by atoms with van der Waals surface area (Å²) in [5.74, 6) is 4.20. The zero-order chi connectivity index (χ0) is 34.1. The molecular weight excluding hydrogens is 654 g/mol. The van der Waals surface area contributed by atoms with Crippen LogP contribution in [0.2, 0.25) is 5.02 Å². The first-order valence-corrected chi connectivity index (χ1v) is 15.7. The van der Waals surface area contributed by atoms with Crippen molar-refractivity contribution < 1.29 is 28.2 Å². The molecule has 5 heterocycles. The average molecular weight is 681 g/mol. The molecule has 0 bridgehead atoms. The third-order valence-corrected chi connectivity index (χ3v) is 8.43. The number of hydrogen-bond donors (Lipinski definition) is 1. The molecule has 1 fully saturated rings. The van der Waals surface area contributed by atoms with Gasteiger partial charge >= 0.3 is 5.97 Å². The molecule has 7 rings (SSSR count). The van der Waals surface area contributed by atoms with Crippen molar-refractivity contribution in [3.63, 3.8) is 0 Å². The number of carbonyl (C=O) groups is 1. The lowest BCUT2D eigenvalue weighted by Crippen LogP contribution is -2.31. The van der Waals surface area contributed by atoms with E-state index in [-0.39, 0.29) is 47.4 Å². The standard InChI is InChI=1S/C36H27ClF2N6O4/c1-44-18-21(16-41-44)5-7-25-14-28(37)24(17-40-25)20-49-35-4-2-3-31(43-35)27-15-29(38)23(11-30(27)39)13-34-42-32-8-6-22(36(46)47)12-33(32)45(34)19-26-9-10-48-26/h2-4,6,8,11-12,14-18,26H,9-10,13,19-20H2,1H3,(H,46,47). The lowest BCUT2D eigenvalue weighted by molar-refractivity contribution is -0.0589. The smallest absolute Gasteiger partial charge is 0.335 e. The van der Waals surface area contributed by atoms with Crippen LogP contribution in [0.25, 0.3) is 22.3 Å². The first-order valence-electron chi connectivity index (χ1n) is 15.3. The first kappa shape index (κ1) is 31.9. The summed E-state index contributed by atoms with van der Waals surface area (Å²) in [5, 5.41) is 14.0. The molecule has 1 N–H and O–H groups in total. The molecule has 13 heteroatoms. The van der Waals surface area contributed by atoms with Gasteiger partial charge in [-0.05, 0) is 60.4 Å². The predicted octanol–water partition coefficient (Wildman–Crippen LogP) is 6.22. The molecule has 0 saturated carbocycles. The van der Waals surface area contributed by atoms with Crippen LogP contribution in [0.1, 0.15) is 45.0 Å². The second-order valence-electron chi connectivity index (χ2n) is 11.5. The molecule has 1 aliphatic heterocycles. The number of aromatic nitrogens is 6. The second-order valence-corrected chi connectivity index (χ2v) is 11.9. The summed E-state index contributed by atoms with van der Waals surface area (Å²) in [7, 11) is 1.81. The number of ether oxygens (including phenoxy) is 2. The molecule has 1 unspecified atom stereocenters. The van der Waals surface area contributed by atoms with Crippen LogP contribution in [0.3, 0.4) is 0 Å². The van der Waals surface area contributed by atoms with Crippen LogP contribution in [0, 0.1) is 23.5 Å². The molecule has 0 spiro atoms. The average Bonchev–Trinajstić information content (AvgIpc) is 3.64. The van der Waals surface area contributed by atoms with E-state index in [1.807, 2.05) is 4.57 Å². The van der Waals surface area contributed by atoms with Gasteiger partial charge in [-0.25, -0.2) is 28.5 Å². The summed E-state index contributed by atoms with van der Waals surface area (Å²) in [6.45, 7) is 1.09. The summed E-state index contributed by atoms with van der Waals surface area (Å²) in [6, 6.07) is 13.3. The van der Waals surface area contributed by atoms with Crippen LogP contribution in [-0.2, 0) is 31.4 Å². The Balaban J connectivity index is 1.08. The highest BCUT2D eigenvalue weighted by molar-refractivity contribution is 6.31. The maximum absolute atomic E-state index is 15.6. The third-order valence-electron chi connectivity index (χ3n) is 8.08. The van der Waals surface area contributed by atoms with Crippen LogP contribution in [0.5, 0.6) is 5.88 Å². The van der Waals surface area contributed by atoms with Crippen molar-refractivity contribution in [2.45, 2.75) is 32.1 Å². The number of aryl methyl sites for hydroxylation is 1. The van der Waals surface area contributed by atoms with Crippen molar-refractivity contribution in [2.24, 2.45) is 7.05 Å².